The minimum atomic E-state index is -2.94. The van der Waals surface area contributed by atoms with Crippen molar-refractivity contribution < 1.29 is 13.2 Å². The minimum Gasteiger partial charge on any atom is -0.492 e. The maximum Gasteiger partial charge on any atom is 0.191 e. The average Bonchev–Trinajstić information content (AvgIpc) is 2.47. The molecule has 6 nitrogen and oxygen atoms in total. The number of nitrogens with one attached hydrogen (secondary N) is 2. The van der Waals surface area contributed by atoms with E-state index < -0.39 is 9.84 Å². The van der Waals surface area contributed by atoms with Crippen LogP contribution in [0.2, 0.25) is 0 Å². The topological polar surface area (TPSA) is 79.8 Å². The second kappa shape index (κ2) is 9.77. The van der Waals surface area contributed by atoms with Crippen molar-refractivity contribution in [2.75, 3.05) is 32.2 Å². The van der Waals surface area contributed by atoms with Crippen LogP contribution in [0.5, 0.6) is 5.75 Å². The highest BCUT2D eigenvalue weighted by molar-refractivity contribution is 9.10. The van der Waals surface area contributed by atoms with Crippen LogP contribution in [-0.2, 0) is 9.84 Å². The van der Waals surface area contributed by atoms with Gasteiger partial charge in [-0.1, -0.05) is 22.0 Å². The van der Waals surface area contributed by atoms with Gasteiger partial charge in [-0.3, -0.25) is 4.99 Å². The van der Waals surface area contributed by atoms with Crippen molar-refractivity contribution in [1.29, 1.82) is 0 Å². The third-order valence-electron chi connectivity index (χ3n) is 2.99. The van der Waals surface area contributed by atoms with Gasteiger partial charge in [0.05, 0.1) is 12.3 Å². The van der Waals surface area contributed by atoms with Crippen LogP contribution >= 0.6 is 15.9 Å². The molecule has 0 saturated heterocycles. The van der Waals surface area contributed by atoms with Gasteiger partial charge in [0, 0.05) is 23.8 Å². The summed E-state index contributed by atoms with van der Waals surface area (Å²) in [7, 11) is -1.27. The van der Waals surface area contributed by atoms with E-state index in [1.54, 1.807) is 7.05 Å². The lowest BCUT2D eigenvalue weighted by Crippen LogP contribution is -2.44. The molecule has 0 aliphatic rings. The minimum absolute atomic E-state index is 0.0157. The van der Waals surface area contributed by atoms with E-state index in [0.717, 1.165) is 10.2 Å². The number of aliphatic imine (C=N–C) groups is 1. The monoisotopic (exact) mass is 405 g/mol. The predicted molar refractivity (Wildman–Crippen MR) is 97.9 cm³/mol. The van der Waals surface area contributed by atoms with Crippen LogP contribution in [0.3, 0.4) is 0 Å². The number of rotatable bonds is 8. The lowest BCUT2D eigenvalue weighted by molar-refractivity contribution is 0.321. The number of sulfone groups is 1. The summed E-state index contributed by atoms with van der Waals surface area (Å²) in [6, 6.07) is 7.67. The summed E-state index contributed by atoms with van der Waals surface area (Å²) < 4.78 is 28.9. The molecule has 130 valence electrons. The second-order valence-electron chi connectivity index (χ2n) is 5.27. The fraction of sp³-hybridized carbons (Fsp3) is 0.533. The van der Waals surface area contributed by atoms with Crippen LogP contribution in [0.15, 0.2) is 33.7 Å². The van der Waals surface area contributed by atoms with Gasteiger partial charge in [-0.15, -0.1) is 0 Å². The SMILES string of the molecule is CN=C(NCCOc1cccc(Br)c1)NC(C)CCS(C)(=O)=O. The summed E-state index contributed by atoms with van der Waals surface area (Å²) >= 11 is 3.39. The summed E-state index contributed by atoms with van der Waals surface area (Å²) in [5, 5.41) is 6.29. The summed E-state index contributed by atoms with van der Waals surface area (Å²) in [6.07, 6.45) is 1.78. The van der Waals surface area contributed by atoms with E-state index in [4.69, 9.17) is 4.74 Å². The Balaban J connectivity index is 2.28. The third kappa shape index (κ3) is 9.45. The van der Waals surface area contributed by atoms with Gasteiger partial charge in [0.2, 0.25) is 0 Å². The zero-order valence-electron chi connectivity index (χ0n) is 13.7. The highest BCUT2D eigenvalue weighted by Gasteiger charge is 2.09. The molecule has 0 spiro atoms. The fourth-order valence-electron chi connectivity index (χ4n) is 1.79. The molecular weight excluding hydrogens is 382 g/mol. The molecule has 23 heavy (non-hydrogen) atoms. The number of guanidine groups is 1. The first-order valence-corrected chi connectivity index (χ1v) is 10.2. The van der Waals surface area contributed by atoms with Crippen LogP contribution < -0.4 is 15.4 Å². The van der Waals surface area contributed by atoms with Crippen molar-refractivity contribution in [1.82, 2.24) is 10.6 Å². The van der Waals surface area contributed by atoms with Crippen molar-refractivity contribution in [2.24, 2.45) is 4.99 Å². The van der Waals surface area contributed by atoms with E-state index in [1.165, 1.54) is 6.26 Å². The Hall–Kier alpha value is -1.28. The molecule has 8 heteroatoms. The largest absolute Gasteiger partial charge is 0.492 e. The normalized spacial score (nSPS) is 13.5. The van der Waals surface area contributed by atoms with E-state index in [1.807, 2.05) is 31.2 Å². The van der Waals surface area contributed by atoms with Crippen LogP contribution in [0, 0.1) is 0 Å². The summed E-state index contributed by atoms with van der Waals surface area (Å²) in [5.74, 6) is 1.58. The maximum atomic E-state index is 11.2. The van der Waals surface area contributed by atoms with Gasteiger partial charge in [-0.25, -0.2) is 8.42 Å². The van der Waals surface area contributed by atoms with Gasteiger partial charge in [0.25, 0.3) is 0 Å². The molecule has 0 aromatic heterocycles. The summed E-state index contributed by atoms with van der Waals surface area (Å²) in [5.41, 5.74) is 0. The lowest BCUT2D eigenvalue weighted by atomic mass is 10.3. The first kappa shape index (κ1) is 19.8. The Morgan fingerprint density at radius 1 is 1.43 bits per heavy atom. The number of halogens is 1. The smallest absolute Gasteiger partial charge is 0.191 e. The number of hydrogen-bond acceptors (Lipinski definition) is 4. The van der Waals surface area contributed by atoms with Crippen LogP contribution in [0.25, 0.3) is 0 Å². The predicted octanol–water partition coefficient (Wildman–Crippen LogP) is 1.82. The highest BCUT2D eigenvalue weighted by atomic mass is 79.9. The molecule has 0 radical (unpaired) electrons. The molecule has 1 rings (SSSR count). The van der Waals surface area contributed by atoms with Crippen molar-refractivity contribution in [3.05, 3.63) is 28.7 Å². The van der Waals surface area contributed by atoms with Crippen LogP contribution in [0.1, 0.15) is 13.3 Å². The zero-order valence-corrected chi connectivity index (χ0v) is 16.1. The highest BCUT2D eigenvalue weighted by Crippen LogP contribution is 2.17. The quantitative estimate of drug-likeness (QED) is 0.391. The van der Waals surface area contributed by atoms with Crippen molar-refractivity contribution in [3.8, 4) is 5.75 Å². The van der Waals surface area contributed by atoms with Gasteiger partial charge in [0.1, 0.15) is 22.2 Å². The molecule has 1 atom stereocenters. The Kier molecular flexibility index (Phi) is 8.40. The summed E-state index contributed by atoms with van der Waals surface area (Å²) in [4.78, 5) is 4.11. The molecule has 0 amide bonds. The van der Waals surface area contributed by atoms with Gasteiger partial charge in [0.15, 0.2) is 5.96 Å². The van der Waals surface area contributed by atoms with E-state index in [9.17, 15) is 8.42 Å². The van der Waals surface area contributed by atoms with Gasteiger partial charge < -0.3 is 15.4 Å². The first-order chi connectivity index (χ1) is 10.8. The Labute approximate surface area is 146 Å². The molecular formula is C15H24BrN3O3S. The molecule has 0 aliphatic carbocycles. The molecule has 1 aromatic carbocycles. The molecule has 0 heterocycles. The fourth-order valence-corrected chi connectivity index (χ4v) is 2.95. The summed E-state index contributed by atoms with van der Waals surface area (Å²) in [6.45, 7) is 3.01. The number of benzene rings is 1. The molecule has 0 aliphatic heterocycles. The Morgan fingerprint density at radius 3 is 2.78 bits per heavy atom. The first-order valence-electron chi connectivity index (χ1n) is 7.33. The molecule has 0 fully saturated rings. The molecule has 0 saturated carbocycles. The molecule has 1 unspecified atom stereocenters. The zero-order chi connectivity index (χ0) is 17.3. The molecule has 1 aromatic rings. The van der Waals surface area contributed by atoms with E-state index >= 15 is 0 Å². The lowest BCUT2D eigenvalue weighted by Gasteiger charge is -2.17. The van der Waals surface area contributed by atoms with Crippen molar-refractivity contribution in [3.63, 3.8) is 0 Å². The maximum absolute atomic E-state index is 11.2. The van der Waals surface area contributed by atoms with E-state index in [-0.39, 0.29) is 11.8 Å². The standard InChI is InChI=1S/C15H24BrN3O3S/c1-12(7-10-23(3,20)21)19-15(17-2)18-8-9-22-14-6-4-5-13(16)11-14/h4-6,11-12H,7-10H2,1-3H3,(H2,17,18,19). The molecule has 2 N–H and O–H groups in total. The number of hydrogen-bond donors (Lipinski definition) is 2. The number of ether oxygens (including phenoxy) is 1. The van der Waals surface area contributed by atoms with Gasteiger partial charge >= 0.3 is 0 Å². The van der Waals surface area contributed by atoms with Gasteiger partial charge in [-0.05, 0) is 31.5 Å². The van der Waals surface area contributed by atoms with Crippen LogP contribution in [-0.4, -0.2) is 52.6 Å². The second-order valence-corrected chi connectivity index (χ2v) is 8.44. The third-order valence-corrected chi connectivity index (χ3v) is 4.46. The van der Waals surface area contributed by atoms with Crippen molar-refractivity contribution >= 4 is 31.7 Å². The Morgan fingerprint density at radius 2 is 2.17 bits per heavy atom. The van der Waals surface area contributed by atoms with Crippen molar-refractivity contribution in [2.45, 2.75) is 19.4 Å². The molecule has 0 bridgehead atoms. The van der Waals surface area contributed by atoms with Crippen LogP contribution in [0.4, 0.5) is 0 Å². The van der Waals surface area contributed by atoms with Gasteiger partial charge in [-0.2, -0.15) is 0 Å². The average molecular weight is 406 g/mol. The number of nitrogens with zero attached hydrogens (tertiary/aromatic N) is 1. The van der Waals surface area contributed by atoms with E-state index in [2.05, 4.69) is 31.6 Å². The van der Waals surface area contributed by atoms with E-state index in [0.29, 0.717) is 25.5 Å². The Bertz CT molecular complexity index is 620.